The van der Waals surface area contributed by atoms with Crippen LogP contribution in [0.1, 0.15) is 10.4 Å². The summed E-state index contributed by atoms with van der Waals surface area (Å²) in [5, 5.41) is 3.23. The van der Waals surface area contributed by atoms with Gasteiger partial charge in [0, 0.05) is 19.3 Å². The van der Waals surface area contributed by atoms with Crippen LogP contribution < -0.4 is 5.32 Å². The minimum absolute atomic E-state index is 0.0170. The van der Waals surface area contributed by atoms with Crippen molar-refractivity contribution in [1.82, 2.24) is 4.90 Å². The molecule has 4 nitrogen and oxygen atoms in total. The Bertz CT molecular complexity index is 703. The van der Waals surface area contributed by atoms with Gasteiger partial charge >= 0.3 is 0 Å². The van der Waals surface area contributed by atoms with Gasteiger partial charge in [0.1, 0.15) is 5.82 Å². The lowest BCUT2D eigenvalue weighted by Crippen LogP contribution is -2.41. The largest absolute Gasteiger partial charge is 0.383 e. The summed E-state index contributed by atoms with van der Waals surface area (Å²) in [6.45, 7) is 1.50. The average Bonchev–Trinajstić information content (AvgIpc) is 2.54. The molecule has 0 saturated carbocycles. The third-order valence-electron chi connectivity index (χ3n) is 3.72. The Morgan fingerprint density at radius 2 is 2.05 bits per heavy atom. The number of methoxy groups -OCH3 is 1. The molecule has 0 aliphatic carbocycles. The summed E-state index contributed by atoms with van der Waals surface area (Å²) in [5.74, 6) is -0.290. The molecule has 0 atom stereocenters. The first-order valence-corrected chi connectivity index (χ1v) is 7.11. The van der Waals surface area contributed by atoms with Gasteiger partial charge in [-0.2, -0.15) is 0 Å². The zero-order valence-electron chi connectivity index (χ0n) is 12.3. The number of rotatable bonds is 4. The Hall–Kier alpha value is -2.40. The van der Waals surface area contributed by atoms with Crippen molar-refractivity contribution < 1.29 is 13.9 Å². The number of nitrogens with zero attached hydrogens (tertiary/aromatic N) is 1. The number of carbonyl (C=O) groups is 1. The van der Waals surface area contributed by atoms with E-state index in [9.17, 15) is 9.18 Å². The predicted molar refractivity (Wildman–Crippen MR) is 83.2 cm³/mol. The molecule has 0 fully saturated rings. The van der Waals surface area contributed by atoms with Crippen LogP contribution >= 0.6 is 0 Å². The molecule has 0 unspecified atom stereocenters. The number of halogens is 1. The number of nitrogens with one attached hydrogen (secondary N) is 1. The van der Waals surface area contributed by atoms with Gasteiger partial charge in [-0.3, -0.25) is 4.79 Å². The van der Waals surface area contributed by atoms with Crippen molar-refractivity contribution in [3.8, 4) is 11.1 Å². The molecule has 0 saturated heterocycles. The van der Waals surface area contributed by atoms with Gasteiger partial charge < -0.3 is 15.0 Å². The monoisotopic (exact) mass is 300 g/mol. The van der Waals surface area contributed by atoms with E-state index in [0.717, 1.165) is 16.8 Å². The number of hydrogen-bond donors (Lipinski definition) is 1. The third kappa shape index (κ3) is 2.80. The lowest BCUT2D eigenvalue weighted by molar-refractivity contribution is 0.0700. The van der Waals surface area contributed by atoms with Crippen molar-refractivity contribution in [2.75, 3.05) is 32.2 Å². The smallest absolute Gasteiger partial charge is 0.257 e. The lowest BCUT2D eigenvalue weighted by Gasteiger charge is -2.29. The Labute approximate surface area is 128 Å². The zero-order chi connectivity index (χ0) is 15.5. The minimum Gasteiger partial charge on any atom is -0.383 e. The summed E-state index contributed by atoms with van der Waals surface area (Å²) in [4.78, 5) is 14.1. The SMILES string of the molecule is COCCN1CNc2cc(-c3cccc(F)c3)ccc2C1=O. The van der Waals surface area contributed by atoms with Gasteiger partial charge in [0.15, 0.2) is 0 Å². The summed E-state index contributed by atoms with van der Waals surface area (Å²) in [6, 6.07) is 11.9. The van der Waals surface area contributed by atoms with E-state index in [1.54, 1.807) is 24.1 Å². The standard InChI is InChI=1S/C17H17FN2O2/c1-22-8-7-20-11-19-16-10-13(5-6-15(16)17(20)21)12-3-2-4-14(18)9-12/h2-6,9-10,19H,7-8,11H2,1H3. The van der Waals surface area contributed by atoms with Crippen molar-refractivity contribution >= 4 is 11.6 Å². The average molecular weight is 300 g/mol. The minimum atomic E-state index is -0.273. The summed E-state index contributed by atoms with van der Waals surface area (Å²) < 4.78 is 18.3. The van der Waals surface area contributed by atoms with Crippen LogP contribution in [0.3, 0.4) is 0 Å². The quantitative estimate of drug-likeness (QED) is 0.944. The normalized spacial score (nSPS) is 13.7. The van der Waals surface area contributed by atoms with Crippen LogP contribution in [0, 0.1) is 5.82 Å². The maximum atomic E-state index is 13.3. The zero-order valence-corrected chi connectivity index (χ0v) is 12.3. The molecule has 2 aromatic rings. The Morgan fingerprint density at radius 1 is 1.23 bits per heavy atom. The first-order chi connectivity index (χ1) is 10.7. The molecule has 22 heavy (non-hydrogen) atoms. The van der Waals surface area contributed by atoms with Crippen LogP contribution in [0.15, 0.2) is 42.5 Å². The third-order valence-corrected chi connectivity index (χ3v) is 3.72. The fourth-order valence-electron chi connectivity index (χ4n) is 2.53. The van der Waals surface area contributed by atoms with E-state index in [4.69, 9.17) is 4.74 Å². The first kappa shape index (κ1) is 14.5. The molecule has 3 rings (SSSR count). The molecule has 0 bridgehead atoms. The Kier molecular flexibility index (Phi) is 4.06. The van der Waals surface area contributed by atoms with E-state index in [1.807, 2.05) is 18.2 Å². The predicted octanol–water partition coefficient (Wildman–Crippen LogP) is 2.96. The number of hydrogen-bond acceptors (Lipinski definition) is 3. The first-order valence-electron chi connectivity index (χ1n) is 7.11. The molecular weight excluding hydrogens is 283 g/mol. The number of ether oxygens (including phenoxy) is 1. The fourth-order valence-corrected chi connectivity index (χ4v) is 2.53. The number of anilines is 1. The second-order valence-corrected chi connectivity index (χ2v) is 5.17. The molecule has 0 radical (unpaired) electrons. The molecule has 1 aliphatic heterocycles. The fraction of sp³-hybridized carbons (Fsp3) is 0.235. The molecule has 0 spiro atoms. The van der Waals surface area contributed by atoms with E-state index >= 15 is 0 Å². The van der Waals surface area contributed by atoms with Crippen LogP contribution in [-0.4, -0.2) is 37.7 Å². The van der Waals surface area contributed by atoms with Gasteiger partial charge in [0.2, 0.25) is 0 Å². The second kappa shape index (κ2) is 6.15. The maximum Gasteiger partial charge on any atom is 0.257 e. The molecule has 2 aromatic carbocycles. The molecule has 1 heterocycles. The van der Waals surface area contributed by atoms with E-state index in [2.05, 4.69) is 5.32 Å². The van der Waals surface area contributed by atoms with Gasteiger partial charge in [0.05, 0.1) is 18.8 Å². The second-order valence-electron chi connectivity index (χ2n) is 5.17. The van der Waals surface area contributed by atoms with Crippen LogP contribution in [0.4, 0.5) is 10.1 Å². The highest BCUT2D eigenvalue weighted by molar-refractivity contribution is 6.02. The molecular formula is C17H17FN2O2. The summed E-state index contributed by atoms with van der Waals surface area (Å²) in [6.07, 6.45) is 0. The molecule has 1 N–H and O–H groups in total. The van der Waals surface area contributed by atoms with Gasteiger partial charge in [-0.25, -0.2) is 4.39 Å². The van der Waals surface area contributed by atoms with Crippen molar-refractivity contribution in [1.29, 1.82) is 0 Å². The van der Waals surface area contributed by atoms with E-state index in [-0.39, 0.29) is 11.7 Å². The summed E-state index contributed by atoms with van der Waals surface area (Å²) in [7, 11) is 1.61. The topological polar surface area (TPSA) is 41.6 Å². The van der Waals surface area contributed by atoms with Gasteiger partial charge in [0.25, 0.3) is 5.91 Å². The lowest BCUT2D eigenvalue weighted by atomic mass is 10.0. The van der Waals surface area contributed by atoms with Gasteiger partial charge in [-0.05, 0) is 35.4 Å². The molecule has 5 heteroatoms. The summed E-state index contributed by atoms with van der Waals surface area (Å²) in [5.41, 5.74) is 3.07. The maximum absolute atomic E-state index is 13.3. The van der Waals surface area contributed by atoms with Crippen molar-refractivity contribution in [2.45, 2.75) is 0 Å². The van der Waals surface area contributed by atoms with Crippen molar-refractivity contribution in [3.05, 3.63) is 53.8 Å². The van der Waals surface area contributed by atoms with E-state index in [1.165, 1.54) is 12.1 Å². The van der Waals surface area contributed by atoms with E-state index in [0.29, 0.717) is 25.4 Å². The number of benzene rings is 2. The van der Waals surface area contributed by atoms with Crippen LogP contribution in [0.2, 0.25) is 0 Å². The Balaban J connectivity index is 1.88. The van der Waals surface area contributed by atoms with Gasteiger partial charge in [-0.15, -0.1) is 0 Å². The number of amides is 1. The van der Waals surface area contributed by atoms with Crippen molar-refractivity contribution in [2.24, 2.45) is 0 Å². The van der Waals surface area contributed by atoms with E-state index < -0.39 is 0 Å². The molecule has 0 aromatic heterocycles. The molecule has 1 aliphatic rings. The molecule has 1 amide bonds. The highest BCUT2D eigenvalue weighted by atomic mass is 19.1. The highest BCUT2D eigenvalue weighted by Gasteiger charge is 2.23. The number of fused-ring (bicyclic) bond motifs is 1. The van der Waals surface area contributed by atoms with Crippen molar-refractivity contribution in [3.63, 3.8) is 0 Å². The van der Waals surface area contributed by atoms with Crippen LogP contribution in [-0.2, 0) is 4.74 Å². The Morgan fingerprint density at radius 3 is 2.82 bits per heavy atom. The molecule has 114 valence electrons. The van der Waals surface area contributed by atoms with Crippen LogP contribution in [0.25, 0.3) is 11.1 Å². The summed E-state index contributed by atoms with van der Waals surface area (Å²) >= 11 is 0. The number of carbonyl (C=O) groups excluding carboxylic acids is 1. The van der Waals surface area contributed by atoms with Gasteiger partial charge in [-0.1, -0.05) is 18.2 Å². The highest BCUT2D eigenvalue weighted by Crippen LogP contribution is 2.29. The van der Waals surface area contributed by atoms with Crippen LogP contribution in [0.5, 0.6) is 0 Å².